The number of benzene rings is 3. The van der Waals surface area contributed by atoms with E-state index in [2.05, 4.69) is 18.0 Å². The van der Waals surface area contributed by atoms with Gasteiger partial charge in [0.2, 0.25) is 5.79 Å². The molecule has 1 saturated carbocycles. The van der Waals surface area contributed by atoms with Crippen LogP contribution in [0.3, 0.4) is 0 Å². The Morgan fingerprint density at radius 2 is 1.68 bits per heavy atom. The molecule has 0 unspecified atom stereocenters. The molecular weight excluding hydrogens is 763 g/mol. The second-order valence-corrected chi connectivity index (χ2v) is 15.7. The number of aliphatic hydroxyl groups is 2. The maximum absolute atomic E-state index is 14.4. The molecule has 2 amide bonds. The molecule has 60 heavy (non-hydrogen) atoms. The van der Waals surface area contributed by atoms with Crippen LogP contribution >= 0.6 is 0 Å². The topological polar surface area (TPSA) is 148 Å². The van der Waals surface area contributed by atoms with Crippen LogP contribution in [0, 0.1) is 17.8 Å². The molecular formula is C48H61N3O9. The van der Waals surface area contributed by atoms with E-state index < -0.39 is 29.9 Å². The van der Waals surface area contributed by atoms with Crippen LogP contribution in [0.4, 0.5) is 9.59 Å². The highest BCUT2D eigenvalue weighted by molar-refractivity contribution is 6.03. The van der Waals surface area contributed by atoms with E-state index in [1.54, 1.807) is 17.0 Å². The average molecular weight is 824 g/mol. The lowest BCUT2D eigenvalue weighted by Gasteiger charge is -2.59. The number of ether oxygens (including phenoxy) is 4. The third kappa shape index (κ3) is 10.4. The molecule has 3 aromatic rings. The second-order valence-electron chi connectivity index (χ2n) is 15.7. The maximum Gasteiger partial charge on any atom is 0.412 e. The molecule has 0 aromatic heterocycles. The highest BCUT2D eigenvalue weighted by Crippen LogP contribution is 2.62. The number of allylic oxidation sites excluding steroid dienone is 1. The highest BCUT2D eigenvalue weighted by Gasteiger charge is 2.65. The SMILES string of the molecule is C=CCO[C@@]12Oc3ccc(OC(=O)NCc4ccccc4)cc3[C@H]3[C@H](CCCCO)[C@@H](CCCCO)C=C(C(=NOCC)C[C@@H]1N(CCC)C(=O)OCc1ccccc1)[C@H]32. The summed E-state index contributed by atoms with van der Waals surface area (Å²) in [7, 11) is 0. The third-order valence-corrected chi connectivity index (χ3v) is 11.7. The minimum Gasteiger partial charge on any atom is -0.459 e. The summed E-state index contributed by atoms with van der Waals surface area (Å²) < 4.78 is 26.2. The Morgan fingerprint density at radius 1 is 0.967 bits per heavy atom. The van der Waals surface area contributed by atoms with E-state index in [4.69, 9.17) is 28.9 Å². The second kappa shape index (κ2) is 21.9. The number of hydrogen-bond donors (Lipinski definition) is 3. The van der Waals surface area contributed by atoms with Gasteiger partial charge >= 0.3 is 12.2 Å². The van der Waals surface area contributed by atoms with Gasteiger partial charge in [0, 0.05) is 44.2 Å². The molecule has 12 nitrogen and oxygen atoms in total. The third-order valence-electron chi connectivity index (χ3n) is 11.7. The Bertz CT molecular complexity index is 1920. The number of carbonyl (C=O) groups excluding carboxylic acids is 2. The monoisotopic (exact) mass is 823 g/mol. The molecule has 322 valence electrons. The van der Waals surface area contributed by atoms with E-state index in [1.165, 1.54) is 0 Å². The number of hydrogen-bond acceptors (Lipinski definition) is 10. The normalized spacial score (nSPS) is 23.3. The quantitative estimate of drug-likeness (QED) is 0.0545. The minimum absolute atomic E-state index is 0.0113. The molecule has 0 saturated heterocycles. The zero-order chi connectivity index (χ0) is 42.3. The molecule has 0 spiro atoms. The van der Waals surface area contributed by atoms with Crippen molar-refractivity contribution < 1.29 is 43.6 Å². The van der Waals surface area contributed by atoms with Crippen LogP contribution in [0.5, 0.6) is 11.5 Å². The number of rotatable bonds is 21. The van der Waals surface area contributed by atoms with Crippen LogP contribution in [-0.2, 0) is 27.5 Å². The lowest BCUT2D eigenvalue weighted by atomic mass is 9.55. The van der Waals surface area contributed by atoms with E-state index >= 15 is 0 Å². The van der Waals surface area contributed by atoms with Crippen molar-refractivity contribution in [3.63, 3.8) is 0 Å². The first kappa shape index (κ1) is 44.4. The van der Waals surface area contributed by atoms with Crippen LogP contribution in [0.25, 0.3) is 0 Å². The molecule has 3 aliphatic rings. The molecule has 1 aliphatic heterocycles. The van der Waals surface area contributed by atoms with E-state index in [0.29, 0.717) is 56.2 Å². The van der Waals surface area contributed by atoms with Crippen molar-refractivity contribution in [3.8, 4) is 11.5 Å². The summed E-state index contributed by atoms with van der Waals surface area (Å²) in [5.74, 6) is -1.21. The number of nitrogens with one attached hydrogen (secondary N) is 1. The molecule has 0 radical (unpaired) electrons. The molecule has 12 heteroatoms. The Balaban J connectivity index is 1.49. The van der Waals surface area contributed by atoms with Gasteiger partial charge in [-0.15, -0.1) is 6.58 Å². The van der Waals surface area contributed by atoms with E-state index in [0.717, 1.165) is 47.9 Å². The van der Waals surface area contributed by atoms with Crippen LogP contribution in [0.2, 0.25) is 0 Å². The lowest BCUT2D eigenvalue weighted by molar-refractivity contribution is -0.255. The van der Waals surface area contributed by atoms with Gasteiger partial charge in [-0.05, 0) is 85.8 Å². The zero-order valence-electron chi connectivity index (χ0n) is 35.0. The first-order valence-corrected chi connectivity index (χ1v) is 21.5. The maximum atomic E-state index is 14.4. The summed E-state index contributed by atoms with van der Waals surface area (Å²) in [6.07, 6.45) is 8.28. The van der Waals surface area contributed by atoms with Crippen molar-refractivity contribution >= 4 is 17.9 Å². The van der Waals surface area contributed by atoms with Gasteiger partial charge in [0.25, 0.3) is 0 Å². The van der Waals surface area contributed by atoms with Crippen molar-refractivity contribution in [1.29, 1.82) is 0 Å². The molecule has 0 bridgehead atoms. The summed E-state index contributed by atoms with van der Waals surface area (Å²) in [5.41, 5.74) is 4.29. The number of oxime groups is 1. The predicted octanol–water partition coefficient (Wildman–Crippen LogP) is 8.68. The number of amides is 2. The fraction of sp³-hybridized carbons (Fsp3) is 0.479. The number of unbranched alkanes of at least 4 members (excludes halogenated alkanes) is 2. The van der Waals surface area contributed by atoms with E-state index in [-0.39, 0.29) is 50.6 Å². The molecule has 2 aliphatic carbocycles. The van der Waals surface area contributed by atoms with Crippen LogP contribution in [0.1, 0.15) is 87.8 Å². The highest BCUT2D eigenvalue weighted by atomic mass is 16.7. The van der Waals surface area contributed by atoms with Gasteiger partial charge in [0.05, 0.1) is 18.2 Å². The molecule has 6 atom stereocenters. The first-order valence-electron chi connectivity index (χ1n) is 21.5. The summed E-state index contributed by atoms with van der Waals surface area (Å²) in [6.45, 7) is 9.33. The fourth-order valence-corrected chi connectivity index (χ4v) is 9.18. The van der Waals surface area contributed by atoms with Gasteiger partial charge in [-0.1, -0.05) is 97.7 Å². The van der Waals surface area contributed by atoms with Crippen molar-refractivity contribution in [2.24, 2.45) is 22.9 Å². The number of carbonyl (C=O) groups is 2. The number of nitrogens with zero attached hydrogens (tertiary/aromatic N) is 2. The van der Waals surface area contributed by atoms with Crippen molar-refractivity contribution in [2.75, 3.05) is 33.0 Å². The van der Waals surface area contributed by atoms with Gasteiger partial charge in [-0.3, -0.25) is 4.90 Å². The van der Waals surface area contributed by atoms with Crippen LogP contribution in [-0.4, -0.2) is 77.8 Å². The minimum atomic E-state index is -1.43. The predicted molar refractivity (Wildman–Crippen MR) is 230 cm³/mol. The summed E-state index contributed by atoms with van der Waals surface area (Å²) in [5, 5.41) is 27.4. The fourth-order valence-electron chi connectivity index (χ4n) is 9.18. The largest absolute Gasteiger partial charge is 0.459 e. The lowest BCUT2D eigenvalue weighted by Crippen LogP contribution is -2.70. The standard InChI is InChI=1S/C48H61N3O9/c1-4-25-51(47(55)56-33-35-19-11-8-12-20-35)43-31-41(50-58-6-3)39-29-36(21-13-15-26-52)38(22-14-16-27-53)44-40-30-37(59-46(54)49-32-34-17-9-7-10-18-34)23-24-42(40)60-48(43,45(39)44)57-28-5-2/h5,7-12,17-20,23-24,29-30,36,38,43-45,52-53H,2,4,6,13-16,21-22,25-28,31-33H2,1,3H3,(H,49,54)/t36-,38+,43-,44+,45+,48+/m0/s1. The van der Waals surface area contributed by atoms with Gasteiger partial charge in [0.1, 0.15) is 30.8 Å². The zero-order valence-corrected chi connectivity index (χ0v) is 35.0. The molecule has 6 rings (SSSR count). The van der Waals surface area contributed by atoms with Gasteiger partial charge < -0.3 is 39.3 Å². The van der Waals surface area contributed by atoms with Crippen LogP contribution < -0.4 is 14.8 Å². The molecule has 3 aromatic carbocycles. The Kier molecular flexibility index (Phi) is 16.2. The Morgan fingerprint density at radius 3 is 2.37 bits per heavy atom. The van der Waals surface area contributed by atoms with E-state index in [1.807, 2.05) is 86.6 Å². The molecule has 1 heterocycles. The molecule has 1 fully saturated rings. The Labute approximate surface area is 354 Å². The van der Waals surface area contributed by atoms with Crippen molar-refractivity contribution in [1.82, 2.24) is 10.2 Å². The first-order chi connectivity index (χ1) is 29.4. The summed E-state index contributed by atoms with van der Waals surface area (Å²) in [6, 6.07) is 24.0. The van der Waals surface area contributed by atoms with Gasteiger partial charge in [-0.2, -0.15) is 0 Å². The summed E-state index contributed by atoms with van der Waals surface area (Å²) >= 11 is 0. The van der Waals surface area contributed by atoms with Crippen LogP contribution in [0.15, 0.2) is 108 Å². The Hall–Kier alpha value is -5.17. The van der Waals surface area contributed by atoms with E-state index in [9.17, 15) is 19.8 Å². The number of aliphatic hydroxyl groups excluding tert-OH is 2. The van der Waals surface area contributed by atoms with Crippen molar-refractivity contribution in [3.05, 3.63) is 120 Å². The molecule has 3 N–H and O–H groups in total. The number of fused-ring (bicyclic) bond motifs is 2. The van der Waals surface area contributed by atoms with Crippen molar-refractivity contribution in [2.45, 2.75) is 96.1 Å². The summed E-state index contributed by atoms with van der Waals surface area (Å²) in [4.78, 5) is 35.2. The van der Waals surface area contributed by atoms with Gasteiger partial charge in [0.15, 0.2) is 0 Å². The van der Waals surface area contributed by atoms with Gasteiger partial charge in [-0.25, -0.2) is 9.59 Å². The average Bonchev–Trinajstić information content (AvgIpc) is 3.27. The smallest absolute Gasteiger partial charge is 0.412 e.